The monoisotopic (exact) mass is 988 g/mol. The van der Waals surface area contributed by atoms with E-state index in [1.54, 1.807) is 26.0 Å². The summed E-state index contributed by atoms with van der Waals surface area (Å²) >= 11 is 12.9. The Morgan fingerprint density at radius 2 is 1.00 bits per heavy atom. The molecule has 2 aromatic heterocycles. The standard InChI is InChI=1S/2C27H31ClN4O3/c2*1-17-14-31(5-6-32(17)27(34)20-4-7-35-16-20)15-24-10-25(28)9-21(18(24)2)11-26(33)23-8-22(12-29)19(3)30-13-23/h2*8-10,13,17,20H,4-7,11,14-16H2,1-3H3/t17-,20+;17-,20-/m00/s1. The number of nitrogens with zero attached hydrogens (tertiary/aromatic N) is 8. The van der Waals surface area contributed by atoms with E-state index in [1.165, 1.54) is 12.4 Å². The van der Waals surface area contributed by atoms with Crippen LogP contribution in [0.4, 0.5) is 0 Å². The van der Waals surface area contributed by atoms with E-state index in [1.807, 2.05) is 47.9 Å². The number of Topliss-reactive ketones (excluding diaryl/α,β-unsaturated/α-hetero) is 2. The zero-order chi connectivity index (χ0) is 50.2. The minimum atomic E-state index is -0.0954. The van der Waals surface area contributed by atoms with Gasteiger partial charge in [0.1, 0.15) is 12.1 Å². The molecule has 70 heavy (non-hydrogen) atoms. The lowest BCUT2D eigenvalue weighted by Crippen LogP contribution is -2.55. The largest absolute Gasteiger partial charge is 0.381 e. The number of pyridine rings is 2. The summed E-state index contributed by atoms with van der Waals surface area (Å²) < 4.78 is 10.8. The van der Waals surface area contributed by atoms with Gasteiger partial charge in [0.15, 0.2) is 11.6 Å². The van der Waals surface area contributed by atoms with Crippen molar-refractivity contribution >= 4 is 46.6 Å². The number of piperazine rings is 2. The fraction of sp³-hybridized carbons (Fsp3) is 0.481. The maximum absolute atomic E-state index is 13.0. The molecule has 16 heteroatoms. The van der Waals surface area contributed by atoms with Gasteiger partial charge < -0.3 is 19.3 Å². The molecule has 2 aromatic carbocycles. The van der Waals surface area contributed by atoms with Crippen LogP contribution in [0, 0.1) is 62.2 Å². The molecule has 0 N–H and O–H groups in total. The van der Waals surface area contributed by atoms with Crippen molar-refractivity contribution in [2.45, 2.75) is 92.4 Å². The number of hydrogen-bond donors (Lipinski definition) is 0. The van der Waals surface area contributed by atoms with Crippen molar-refractivity contribution in [2.24, 2.45) is 11.8 Å². The average molecular weight is 990 g/mol. The number of carbonyl (C=O) groups is 4. The van der Waals surface area contributed by atoms with Gasteiger partial charge in [0.05, 0.1) is 47.6 Å². The molecule has 14 nitrogen and oxygen atoms in total. The summed E-state index contributed by atoms with van der Waals surface area (Å²) in [6, 6.07) is 15.2. The summed E-state index contributed by atoms with van der Waals surface area (Å²) in [5.74, 6) is 0.211. The van der Waals surface area contributed by atoms with Gasteiger partial charge in [-0.05, 0) is 124 Å². The maximum atomic E-state index is 13.0. The van der Waals surface area contributed by atoms with Crippen LogP contribution in [0.1, 0.15) is 103 Å². The SMILES string of the molecule is Cc1ncc(C(=O)Cc2cc(Cl)cc(CN3CCN(C(=O)[C@@H]4CCOC4)[C@@H](C)C3)c2C)cc1C#N.Cc1ncc(C(=O)Cc2cc(Cl)cc(CN3CCN(C(=O)[C@H]4CCOC4)[C@@H](C)C3)c2C)cc1C#N. The first-order chi connectivity index (χ1) is 33.5. The number of aromatic nitrogens is 2. The van der Waals surface area contributed by atoms with Crippen LogP contribution in [0.2, 0.25) is 10.0 Å². The molecule has 4 aromatic rings. The number of ketones is 2. The highest BCUT2D eigenvalue weighted by Crippen LogP contribution is 2.28. The van der Waals surface area contributed by atoms with Crippen LogP contribution in [-0.4, -0.2) is 131 Å². The zero-order valence-electron chi connectivity index (χ0n) is 41.0. The number of aryl methyl sites for hydroxylation is 2. The lowest BCUT2D eigenvalue weighted by Gasteiger charge is -2.41. The summed E-state index contributed by atoms with van der Waals surface area (Å²) in [5, 5.41) is 19.7. The molecule has 0 spiro atoms. The normalized spacial score (nSPS) is 20.6. The molecule has 0 saturated carbocycles. The maximum Gasteiger partial charge on any atom is 0.228 e. The first-order valence-electron chi connectivity index (χ1n) is 24.1. The second-order valence-electron chi connectivity index (χ2n) is 19.2. The summed E-state index contributed by atoms with van der Waals surface area (Å²) in [6.07, 6.45) is 5.06. The number of halogens is 2. The minimum Gasteiger partial charge on any atom is -0.381 e. The van der Waals surface area contributed by atoms with Crippen LogP contribution in [0.3, 0.4) is 0 Å². The molecule has 6 heterocycles. The van der Waals surface area contributed by atoms with Crippen LogP contribution in [0.5, 0.6) is 0 Å². The van der Waals surface area contributed by atoms with Gasteiger partial charge in [-0.2, -0.15) is 10.5 Å². The molecule has 0 unspecified atom stereocenters. The molecule has 4 atom stereocenters. The third kappa shape index (κ3) is 12.7. The van der Waals surface area contributed by atoms with Crippen molar-refractivity contribution < 1.29 is 28.7 Å². The highest BCUT2D eigenvalue weighted by Gasteiger charge is 2.35. The molecule has 4 saturated heterocycles. The van der Waals surface area contributed by atoms with Crippen LogP contribution in [0.15, 0.2) is 48.8 Å². The lowest BCUT2D eigenvalue weighted by molar-refractivity contribution is -0.141. The van der Waals surface area contributed by atoms with Gasteiger partial charge in [-0.1, -0.05) is 23.2 Å². The summed E-state index contributed by atoms with van der Waals surface area (Å²) in [4.78, 5) is 68.7. The van der Waals surface area contributed by atoms with E-state index in [-0.39, 0.29) is 60.1 Å². The van der Waals surface area contributed by atoms with Crippen LogP contribution >= 0.6 is 23.2 Å². The molecule has 0 bridgehead atoms. The molecule has 4 fully saturated rings. The second-order valence-corrected chi connectivity index (χ2v) is 20.1. The Hall–Kier alpha value is -5.58. The van der Waals surface area contributed by atoms with E-state index < -0.39 is 0 Å². The van der Waals surface area contributed by atoms with Crippen LogP contribution < -0.4 is 0 Å². The summed E-state index contributed by atoms with van der Waals surface area (Å²) in [7, 11) is 0. The van der Waals surface area contributed by atoms with Crippen molar-refractivity contribution in [3.63, 3.8) is 0 Å². The number of nitriles is 2. The Bertz CT molecular complexity index is 2520. The van der Waals surface area contributed by atoms with Crippen molar-refractivity contribution in [3.05, 3.63) is 126 Å². The topological polar surface area (TPSA) is 173 Å². The molecule has 0 aliphatic carbocycles. The van der Waals surface area contributed by atoms with Crippen molar-refractivity contribution in [2.75, 3.05) is 65.7 Å². The first kappa shape index (κ1) is 52.2. The molecule has 4 aliphatic heterocycles. The molecule has 2 amide bonds. The Balaban J connectivity index is 0.000000206. The van der Waals surface area contributed by atoms with Gasteiger partial charge in [-0.25, -0.2) is 0 Å². The molecule has 0 radical (unpaired) electrons. The van der Waals surface area contributed by atoms with Gasteiger partial charge in [0, 0.05) is 124 Å². The first-order valence-corrected chi connectivity index (χ1v) is 24.9. The predicted octanol–water partition coefficient (Wildman–Crippen LogP) is 7.44. The van der Waals surface area contributed by atoms with Gasteiger partial charge in [0.25, 0.3) is 0 Å². The van der Waals surface area contributed by atoms with Crippen LogP contribution in [-0.2, 0) is 45.0 Å². The van der Waals surface area contributed by atoms with Gasteiger partial charge in [-0.15, -0.1) is 0 Å². The van der Waals surface area contributed by atoms with Crippen LogP contribution in [0.25, 0.3) is 0 Å². The van der Waals surface area contributed by atoms with E-state index >= 15 is 0 Å². The summed E-state index contributed by atoms with van der Waals surface area (Å²) in [6.45, 7) is 20.1. The molecule has 4 aliphatic rings. The minimum absolute atomic E-state index is 0.00719. The highest BCUT2D eigenvalue weighted by molar-refractivity contribution is 6.31. The van der Waals surface area contributed by atoms with E-state index in [9.17, 15) is 29.7 Å². The smallest absolute Gasteiger partial charge is 0.228 e. The van der Waals surface area contributed by atoms with E-state index in [0.717, 1.165) is 72.4 Å². The number of rotatable bonds is 12. The fourth-order valence-electron chi connectivity index (χ4n) is 9.86. The zero-order valence-corrected chi connectivity index (χ0v) is 42.5. The highest BCUT2D eigenvalue weighted by atomic mass is 35.5. The Morgan fingerprint density at radius 3 is 1.34 bits per heavy atom. The summed E-state index contributed by atoms with van der Waals surface area (Å²) in [5.41, 5.74) is 8.88. The number of amides is 2. The third-order valence-corrected chi connectivity index (χ3v) is 14.7. The molecular weight excluding hydrogens is 928 g/mol. The van der Waals surface area contributed by atoms with Crippen molar-refractivity contribution in [1.29, 1.82) is 10.5 Å². The van der Waals surface area contributed by atoms with E-state index in [0.29, 0.717) is 96.3 Å². The fourth-order valence-corrected chi connectivity index (χ4v) is 10.4. The van der Waals surface area contributed by atoms with E-state index in [2.05, 4.69) is 45.8 Å². The lowest BCUT2D eigenvalue weighted by atomic mass is 9.95. The van der Waals surface area contributed by atoms with Gasteiger partial charge >= 0.3 is 0 Å². The van der Waals surface area contributed by atoms with Crippen molar-refractivity contribution in [1.82, 2.24) is 29.6 Å². The van der Waals surface area contributed by atoms with Gasteiger partial charge in [-0.3, -0.25) is 38.9 Å². The molecule has 8 rings (SSSR count). The number of benzene rings is 2. The second kappa shape index (κ2) is 23.6. The van der Waals surface area contributed by atoms with Crippen molar-refractivity contribution in [3.8, 4) is 12.1 Å². The third-order valence-electron chi connectivity index (χ3n) is 14.3. The predicted molar refractivity (Wildman–Crippen MR) is 267 cm³/mol. The average Bonchev–Trinajstić information content (AvgIpc) is 4.09. The number of carbonyl (C=O) groups excluding carboxylic acids is 4. The Kier molecular flexibility index (Phi) is 17.6. The Morgan fingerprint density at radius 1 is 0.614 bits per heavy atom. The van der Waals surface area contributed by atoms with E-state index in [4.69, 9.17) is 32.7 Å². The molecule has 368 valence electrons. The van der Waals surface area contributed by atoms with Gasteiger partial charge in [0.2, 0.25) is 11.8 Å². The molecular formula is C54H62Cl2N8O6. The number of ether oxygens (including phenoxy) is 2. The quantitative estimate of drug-likeness (QED) is 0.129. The Labute approximate surface area is 421 Å². The number of hydrogen-bond acceptors (Lipinski definition) is 12.